The molecule has 4 unspecified atom stereocenters. The highest BCUT2D eigenvalue weighted by Gasteiger charge is 2.30. The number of carboxylic acids is 1. The van der Waals surface area contributed by atoms with E-state index < -0.39 is 11.9 Å². The Balaban J connectivity index is 2.42. The number of rotatable bonds is 4. The van der Waals surface area contributed by atoms with Gasteiger partial charge in [-0.05, 0) is 27.2 Å². The number of carbonyl (C=O) groups is 2. The van der Waals surface area contributed by atoms with Gasteiger partial charge in [-0.2, -0.15) is 0 Å². The molecule has 5 heteroatoms. The van der Waals surface area contributed by atoms with Crippen molar-refractivity contribution in [3.63, 3.8) is 0 Å². The molecule has 0 spiro atoms. The maximum absolute atomic E-state index is 11.7. The monoisotopic (exact) mass is 229 g/mol. The molecule has 1 saturated heterocycles. The fraction of sp³-hybridized carbons (Fsp3) is 0.818. The second-order valence-corrected chi connectivity index (χ2v) is 4.50. The molecule has 0 aliphatic carbocycles. The Morgan fingerprint density at radius 3 is 2.50 bits per heavy atom. The topological polar surface area (TPSA) is 75.6 Å². The molecule has 0 aromatic rings. The van der Waals surface area contributed by atoms with Gasteiger partial charge in [0.15, 0.2) is 0 Å². The molecule has 0 bridgehead atoms. The van der Waals surface area contributed by atoms with E-state index in [1.54, 1.807) is 13.8 Å². The summed E-state index contributed by atoms with van der Waals surface area (Å²) >= 11 is 0. The maximum Gasteiger partial charge on any atom is 0.308 e. The van der Waals surface area contributed by atoms with Crippen molar-refractivity contribution < 1.29 is 19.4 Å². The van der Waals surface area contributed by atoms with Gasteiger partial charge in [-0.3, -0.25) is 9.59 Å². The Kier molecular flexibility index (Phi) is 4.29. The summed E-state index contributed by atoms with van der Waals surface area (Å²) in [5.41, 5.74) is 0. The average Bonchev–Trinajstić information content (AvgIpc) is 2.63. The van der Waals surface area contributed by atoms with Crippen LogP contribution in [0.3, 0.4) is 0 Å². The largest absolute Gasteiger partial charge is 0.481 e. The number of amides is 1. The number of carboxylic acid groups (broad SMARTS) is 1. The van der Waals surface area contributed by atoms with E-state index in [0.29, 0.717) is 13.0 Å². The highest BCUT2D eigenvalue weighted by Crippen LogP contribution is 2.19. The fourth-order valence-electron chi connectivity index (χ4n) is 1.68. The minimum atomic E-state index is -0.899. The van der Waals surface area contributed by atoms with Gasteiger partial charge in [-0.1, -0.05) is 0 Å². The number of aliphatic carboxylic acids is 1. The van der Waals surface area contributed by atoms with Gasteiger partial charge >= 0.3 is 5.97 Å². The van der Waals surface area contributed by atoms with Crippen LogP contribution in [0, 0.1) is 11.8 Å². The molecule has 4 atom stereocenters. The molecular formula is C11H19NO4. The van der Waals surface area contributed by atoms with Gasteiger partial charge in [0.05, 0.1) is 24.5 Å². The minimum Gasteiger partial charge on any atom is -0.481 e. The van der Waals surface area contributed by atoms with E-state index >= 15 is 0 Å². The molecule has 1 aliphatic rings. The standard InChI is InChI=1S/C11H19NO4/c1-6-4-9(5-16-6)10(13)12-8(3)7(2)11(14)15/h6-9H,4-5H2,1-3H3,(H,12,13)(H,14,15). The Hall–Kier alpha value is -1.10. The van der Waals surface area contributed by atoms with Gasteiger partial charge in [0.25, 0.3) is 0 Å². The van der Waals surface area contributed by atoms with Crippen LogP contribution in [0.1, 0.15) is 27.2 Å². The van der Waals surface area contributed by atoms with Gasteiger partial charge in [0.2, 0.25) is 5.91 Å². The van der Waals surface area contributed by atoms with Crippen LogP contribution >= 0.6 is 0 Å². The van der Waals surface area contributed by atoms with E-state index in [4.69, 9.17) is 9.84 Å². The predicted molar refractivity (Wildman–Crippen MR) is 57.9 cm³/mol. The lowest BCUT2D eigenvalue weighted by Crippen LogP contribution is -2.43. The summed E-state index contributed by atoms with van der Waals surface area (Å²) in [6.45, 7) is 5.65. The van der Waals surface area contributed by atoms with Crippen molar-refractivity contribution in [2.75, 3.05) is 6.61 Å². The Bertz CT molecular complexity index is 279. The first-order chi connectivity index (χ1) is 7.41. The van der Waals surface area contributed by atoms with Crippen LogP contribution in [0.2, 0.25) is 0 Å². The van der Waals surface area contributed by atoms with Gasteiger partial charge < -0.3 is 15.2 Å². The van der Waals surface area contributed by atoms with Crippen LogP contribution < -0.4 is 5.32 Å². The molecule has 1 aliphatic heterocycles. The normalized spacial score (nSPS) is 28.4. The van der Waals surface area contributed by atoms with Crippen molar-refractivity contribution in [3.8, 4) is 0 Å². The van der Waals surface area contributed by atoms with E-state index in [9.17, 15) is 9.59 Å². The summed E-state index contributed by atoms with van der Waals surface area (Å²) in [5.74, 6) is -1.73. The van der Waals surface area contributed by atoms with Crippen LogP contribution in [0.4, 0.5) is 0 Å². The lowest BCUT2D eigenvalue weighted by atomic mass is 10.0. The van der Waals surface area contributed by atoms with Crippen LogP contribution in [0.15, 0.2) is 0 Å². The lowest BCUT2D eigenvalue weighted by molar-refractivity contribution is -0.142. The molecule has 1 heterocycles. The third-order valence-electron chi connectivity index (χ3n) is 3.08. The molecule has 92 valence electrons. The van der Waals surface area contributed by atoms with E-state index in [0.717, 1.165) is 0 Å². The van der Waals surface area contributed by atoms with Crippen molar-refractivity contribution in [1.82, 2.24) is 5.32 Å². The minimum absolute atomic E-state index is 0.107. The van der Waals surface area contributed by atoms with Crippen molar-refractivity contribution in [1.29, 1.82) is 0 Å². The van der Waals surface area contributed by atoms with E-state index in [1.807, 2.05) is 6.92 Å². The maximum atomic E-state index is 11.7. The van der Waals surface area contributed by atoms with Gasteiger partial charge in [-0.15, -0.1) is 0 Å². The number of hydrogen-bond donors (Lipinski definition) is 2. The van der Waals surface area contributed by atoms with Crippen molar-refractivity contribution in [3.05, 3.63) is 0 Å². The summed E-state index contributed by atoms with van der Waals surface area (Å²) in [4.78, 5) is 22.5. The molecule has 0 aromatic heterocycles. The SMILES string of the molecule is CC1CC(C(=O)NC(C)C(C)C(=O)O)CO1. The molecule has 1 rings (SSSR count). The number of carbonyl (C=O) groups excluding carboxylic acids is 1. The lowest BCUT2D eigenvalue weighted by Gasteiger charge is -2.19. The number of ether oxygens (including phenoxy) is 1. The molecule has 1 fully saturated rings. The third-order valence-corrected chi connectivity index (χ3v) is 3.08. The van der Waals surface area contributed by atoms with E-state index in [2.05, 4.69) is 5.32 Å². The molecular weight excluding hydrogens is 210 g/mol. The second-order valence-electron chi connectivity index (χ2n) is 4.50. The Morgan fingerprint density at radius 1 is 1.44 bits per heavy atom. The molecule has 1 amide bonds. The second kappa shape index (κ2) is 5.30. The smallest absolute Gasteiger partial charge is 0.308 e. The molecule has 2 N–H and O–H groups in total. The fourth-order valence-corrected chi connectivity index (χ4v) is 1.68. The Labute approximate surface area is 95.2 Å². The average molecular weight is 229 g/mol. The van der Waals surface area contributed by atoms with E-state index in [1.165, 1.54) is 0 Å². The molecule has 0 radical (unpaired) electrons. The number of hydrogen-bond acceptors (Lipinski definition) is 3. The molecule has 16 heavy (non-hydrogen) atoms. The quantitative estimate of drug-likeness (QED) is 0.741. The highest BCUT2D eigenvalue weighted by molar-refractivity contribution is 5.80. The van der Waals surface area contributed by atoms with Crippen molar-refractivity contribution >= 4 is 11.9 Å². The first kappa shape index (κ1) is 13.0. The summed E-state index contributed by atoms with van der Waals surface area (Å²) in [6, 6.07) is -0.360. The van der Waals surface area contributed by atoms with E-state index in [-0.39, 0.29) is 24.0 Å². The summed E-state index contributed by atoms with van der Waals surface area (Å²) in [5, 5.41) is 11.5. The first-order valence-electron chi connectivity index (χ1n) is 5.56. The zero-order valence-electron chi connectivity index (χ0n) is 9.90. The van der Waals surface area contributed by atoms with Crippen LogP contribution in [0.25, 0.3) is 0 Å². The zero-order chi connectivity index (χ0) is 12.3. The Morgan fingerprint density at radius 2 is 2.06 bits per heavy atom. The van der Waals surface area contributed by atoms with Crippen molar-refractivity contribution in [2.24, 2.45) is 11.8 Å². The van der Waals surface area contributed by atoms with Gasteiger partial charge in [0, 0.05) is 6.04 Å². The molecule has 0 aromatic carbocycles. The molecule has 5 nitrogen and oxygen atoms in total. The van der Waals surface area contributed by atoms with Crippen LogP contribution in [-0.4, -0.2) is 35.7 Å². The number of nitrogens with one attached hydrogen (secondary N) is 1. The predicted octanol–water partition coefficient (Wildman–Crippen LogP) is 0.637. The van der Waals surface area contributed by atoms with Crippen LogP contribution in [0.5, 0.6) is 0 Å². The zero-order valence-corrected chi connectivity index (χ0v) is 9.90. The van der Waals surface area contributed by atoms with Crippen LogP contribution in [-0.2, 0) is 14.3 Å². The van der Waals surface area contributed by atoms with Gasteiger partial charge in [-0.25, -0.2) is 0 Å². The summed E-state index contributed by atoms with van der Waals surface area (Å²) in [6.07, 6.45) is 0.822. The highest BCUT2D eigenvalue weighted by atomic mass is 16.5. The molecule has 0 saturated carbocycles. The summed E-state index contributed by atoms with van der Waals surface area (Å²) < 4.78 is 5.30. The van der Waals surface area contributed by atoms with Gasteiger partial charge in [0.1, 0.15) is 0 Å². The first-order valence-corrected chi connectivity index (χ1v) is 5.56. The van der Waals surface area contributed by atoms with Crippen molar-refractivity contribution in [2.45, 2.75) is 39.3 Å². The summed E-state index contributed by atoms with van der Waals surface area (Å²) in [7, 11) is 0. The third kappa shape index (κ3) is 3.20.